The molecule has 0 fully saturated rings. The molecule has 2 rings (SSSR count). The zero-order valence-electron chi connectivity index (χ0n) is 13.6. The molecule has 1 heterocycles. The number of pyridine rings is 1. The fourth-order valence-corrected chi connectivity index (χ4v) is 2.84. The summed E-state index contributed by atoms with van der Waals surface area (Å²) in [5, 5.41) is 6.93. The average Bonchev–Trinajstić information content (AvgIpc) is 2.58. The van der Waals surface area contributed by atoms with Gasteiger partial charge in [0, 0.05) is 32.1 Å². The highest BCUT2D eigenvalue weighted by Gasteiger charge is 2.05. The van der Waals surface area contributed by atoms with Gasteiger partial charge in [-0.3, -0.25) is 4.99 Å². The highest BCUT2D eigenvalue weighted by Crippen LogP contribution is 2.16. The molecule has 0 radical (unpaired) electrons. The summed E-state index contributed by atoms with van der Waals surface area (Å²) in [6.45, 7) is 1.17. The largest absolute Gasteiger partial charge is 0.352 e. The number of aromatic nitrogens is 1. The molecule has 0 bridgehead atoms. The Hall–Kier alpha value is -1.79. The third-order valence-electron chi connectivity index (χ3n) is 3.39. The molecule has 0 atom stereocenters. The first-order valence-corrected chi connectivity index (χ1v) is 9.20. The number of nitrogens with one attached hydrogen (secondary N) is 2. The third kappa shape index (κ3) is 5.69. The van der Waals surface area contributed by atoms with Crippen molar-refractivity contribution in [3.05, 3.63) is 64.2 Å². The van der Waals surface area contributed by atoms with Crippen molar-refractivity contribution >= 4 is 29.3 Å². The summed E-state index contributed by atoms with van der Waals surface area (Å²) in [7, 11) is 1.71. The van der Waals surface area contributed by atoms with Gasteiger partial charge in [-0.25, -0.2) is 9.37 Å². The Morgan fingerprint density at radius 3 is 2.67 bits per heavy atom. The second-order valence-corrected chi connectivity index (χ2v) is 6.37. The number of nitrogens with zero attached hydrogens (tertiary/aromatic N) is 2. The quantitative estimate of drug-likeness (QED) is 0.466. The van der Waals surface area contributed by atoms with Gasteiger partial charge in [0.15, 0.2) is 5.96 Å². The van der Waals surface area contributed by atoms with E-state index in [9.17, 15) is 4.39 Å². The number of hydrogen-bond acceptors (Lipinski definition) is 3. The number of aliphatic imine (C=N–C) groups is 1. The molecule has 7 heteroatoms. The van der Waals surface area contributed by atoms with Gasteiger partial charge < -0.3 is 10.6 Å². The van der Waals surface area contributed by atoms with Crippen molar-refractivity contribution in [2.75, 3.05) is 13.3 Å². The van der Waals surface area contributed by atoms with E-state index in [4.69, 9.17) is 11.6 Å². The van der Waals surface area contributed by atoms with Gasteiger partial charge in [-0.1, -0.05) is 23.7 Å². The second-order valence-electron chi connectivity index (χ2n) is 5.11. The van der Waals surface area contributed by atoms with Crippen LogP contribution in [0.2, 0.25) is 5.15 Å². The van der Waals surface area contributed by atoms with Crippen LogP contribution < -0.4 is 10.6 Å². The summed E-state index contributed by atoms with van der Waals surface area (Å²) in [5.74, 6) is 1.24. The van der Waals surface area contributed by atoms with Crippen molar-refractivity contribution < 1.29 is 4.39 Å². The van der Waals surface area contributed by atoms with Crippen molar-refractivity contribution in [1.82, 2.24) is 15.6 Å². The molecule has 0 saturated heterocycles. The third-order valence-corrected chi connectivity index (χ3v) is 4.21. The van der Waals surface area contributed by atoms with Crippen molar-refractivity contribution in [1.29, 1.82) is 0 Å². The second kappa shape index (κ2) is 9.49. The topological polar surface area (TPSA) is 49.3 Å². The van der Waals surface area contributed by atoms with Gasteiger partial charge in [0.1, 0.15) is 11.0 Å². The zero-order chi connectivity index (χ0) is 17.4. The molecule has 1 aromatic carbocycles. The Morgan fingerprint density at radius 1 is 1.21 bits per heavy atom. The molecular weight excluding hydrogens is 347 g/mol. The lowest BCUT2D eigenvalue weighted by atomic mass is 10.1. The molecule has 1 aromatic heterocycles. The highest BCUT2D eigenvalue weighted by molar-refractivity contribution is 7.97. The highest BCUT2D eigenvalue weighted by atomic mass is 35.5. The molecule has 0 aliphatic rings. The zero-order valence-corrected chi connectivity index (χ0v) is 15.2. The van der Waals surface area contributed by atoms with Crippen LogP contribution in [0.5, 0.6) is 0 Å². The van der Waals surface area contributed by atoms with Gasteiger partial charge in [0.25, 0.3) is 0 Å². The van der Waals surface area contributed by atoms with Gasteiger partial charge in [-0.05, 0) is 41.1 Å². The van der Waals surface area contributed by atoms with E-state index in [-0.39, 0.29) is 5.82 Å². The van der Waals surface area contributed by atoms with E-state index in [1.54, 1.807) is 37.1 Å². The first-order chi connectivity index (χ1) is 11.6. The number of hydrogen-bond donors (Lipinski definition) is 2. The Bertz CT molecular complexity index is 691. The lowest BCUT2D eigenvalue weighted by Crippen LogP contribution is -2.36. The van der Waals surface area contributed by atoms with Crippen LogP contribution in [0.3, 0.4) is 0 Å². The molecule has 0 unspecified atom stereocenters. The summed E-state index contributed by atoms with van der Waals surface area (Å²) in [6.07, 6.45) is 3.72. The van der Waals surface area contributed by atoms with Gasteiger partial charge in [0.2, 0.25) is 0 Å². The van der Waals surface area contributed by atoms with E-state index in [0.717, 1.165) is 22.4 Å². The van der Waals surface area contributed by atoms with Crippen LogP contribution in [0.15, 0.2) is 41.5 Å². The van der Waals surface area contributed by atoms with Crippen molar-refractivity contribution in [3.63, 3.8) is 0 Å². The lowest BCUT2D eigenvalue weighted by molar-refractivity contribution is 0.625. The minimum Gasteiger partial charge on any atom is -0.352 e. The number of guanidine groups is 1. The maximum absolute atomic E-state index is 13.4. The van der Waals surface area contributed by atoms with E-state index >= 15 is 0 Å². The minimum absolute atomic E-state index is 0.208. The molecule has 4 nitrogen and oxygen atoms in total. The molecule has 0 saturated carbocycles. The summed E-state index contributed by atoms with van der Waals surface area (Å²) < 4.78 is 13.4. The molecule has 128 valence electrons. The number of rotatable bonds is 6. The molecule has 0 aliphatic carbocycles. The maximum atomic E-state index is 13.4. The number of halogens is 2. The van der Waals surface area contributed by atoms with E-state index < -0.39 is 0 Å². The van der Waals surface area contributed by atoms with Crippen LogP contribution in [0.25, 0.3) is 0 Å². The molecule has 2 N–H and O–H groups in total. The SMILES string of the molecule is CN=C(NCc1ccc(Cl)nc1)NCc1ccc(F)cc1CSC. The van der Waals surface area contributed by atoms with E-state index in [2.05, 4.69) is 20.6 Å². The van der Waals surface area contributed by atoms with E-state index in [1.807, 2.05) is 18.4 Å². The van der Waals surface area contributed by atoms with Gasteiger partial charge in [-0.2, -0.15) is 11.8 Å². The van der Waals surface area contributed by atoms with Crippen LogP contribution in [-0.2, 0) is 18.8 Å². The monoisotopic (exact) mass is 366 g/mol. The van der Waals surface area contributed by atoms with Crippen LogP contribution in [-0.4, -0.2) is 24.2 Å². The summed E-state index contributed by atoms with van der Waals surface area (Å²) >= 11 is 7.44. The summed E-state index contributed by atoms with van der Waals surface area (Å²) in [5.41, 5.74) is 3.06. The molecule has 0 spiro atoms. The average molecular weight is 367 g/mol. The van der Waals surface area contributed by atoms with E-state index in [0.29, 0.717) is 24.2 Å². The van der Waals surface area contributed by atoms with Gasteiger partial charge in [-0.15, -0.1) is 0 Å². The summed E-state index contributed by atoms with van der Waals surface area (Å²) in [4.78, 5) is 8.24. The Kier molecular flexibility index (Phi) is 7.34. The maximum Gasteiger partial charge on any atom is 0.191 e. The molecule has 24 heavy (non-hydrogen) atoms. The minimum atomic E-state index is -0.208. The fourth-order valence-electron chi connectivity index (χ4n) is 2.15. The van der Waals surface area contributed by atoms with Crippen LogP contribution >= 0.6 is 23.4 Å². The Balaban J connectivity index is 1.93. The smallest absolute Gasteiger partial charge is 0.191 e. The van der Waals surface area contributed by atoms with Crippen molar-refractivity contribution in [2.45, 2.75) is 18.8 Å². The first kappa shape index (κ1) is 18.5. The lowest BCUT2D eigenvalue weighted by Gasteiger charge is -2.14. The van der Waals surface area contributed by atoms with Crippen LogP contribution in [0.4, 0.5) is 4.39 Å². The van der Waals surface area contributed by atoms with Crippen LogP contribution in [0, 0.1) is 5.82 Å². The standard InChI is InChI=1S/C17H20ClFN4S/c1-20-17(22-9-12-3-6-16(18)21-8-12)23-10-13-4-5-15(19)7-14(13)11-24-2/h3-8H,9-11H2,1-2H3,(H2,20,22,23). The summed E-state index contributed by atoms with van der Waals surface area (Å²) in [6, 6.07) is 8.54. The van der Waals surface area contributed by atoms with Crippen molar-refractivity contribution in [3.8, 4) is 0 Å². The van der Waals surface area contributed by atoms with Crippen molar-refractivity contribution in [2.24, 2.45) is 4.99 Å². The Labute approximate surface area is 150 Å². The molecule has 0 aliphatic heterocycles. The molecule has 2 aromatic rings. The Morgan fingerprint density at radius 2 is 2.00 bits per heavy atom. The number of thioether (sulfide) groups is 1. The van der Waals surface area contributed by atoms with Gasteiger partial charge in [0.05, 0.1) is 0 Å². The van der Waals surface area contributed by atoms with E-state index in [1.165, 1.54) is 6.07 Å². The normalized spacial score (nSPS) is 11.4. The fraction of sp³-hybridized carbons (Fsp3) is 0.294. The van der Waals surface area contributed by atoms with Gasteiger partial charge >= 0.3 is 0 Å². The number of benzene rings is 1. The molecular formula is C17H20ClFN4S. The predicted molar refractivity (Wildman–Crippen MR) is 99.9 cm³/mol. The predicted octanol–water partition coefficient (Wildman–Crippen LogP) is 3.60. The molecule has 0 amide bonds. The van der Waals surface area contributed by atoms with Crippen LogP contribution in [0.1, 0.15) is 16.7 Å². The first-order valence-electron chi connectivity index (χ1n) is 7.43.